The second-order valence-electron chi connectivity index (χ2n) is 4.23. The first-order valence-corrected chi connectivity index (χ1v) is 9.07. The van der Waals surface area contributed by atoms with E-state index < -0.39 is 10.0 Å². The van der Waals surface area contributed by atoms with E-state index in [9.17, 15) is 8.42 Å². The van der Waals surface area contributed by atoms with Crippen molar-refractivity contribution in [1.82, 2.24) is 4.72 Å². The molecule has 1 rings (SSSR count). The van der Waals surface area contributed by atoms with Crippen LogP contribution in [-0.4, -0.2) is 44.3 Å². The Morgan fingerprint density at radius 1 is 1.35 bits per heavy atom. The lowest BCUT2D eigenvalue weighted by atomic mass is 10.3. The van der Waals surface area contributed by atoms with Crippen LogP contribution < -0.4 is 9.46 Å². The normalized spacial score (nSPS) is 13.2. The Labute approximate surface area is 124 Å². The third-order valence-electron chi connectivity index (χ3n) is 2.42. The van der Waals surface area contributed by atoms with Gasteiger partial charge in [-0.3, -0.25) is 0 Å². The van der Waals surface area contributed by atoms with Crippen molar-refractivity contribution in [2.75, 3.05) is 24.7 Å². The molecule has 114 valence electrons. The summed E-state index contributed by atoms with van der Waals surface area (Å²) in [5.74, 6) is 2.24. The van der Waals surface area contributed by atoms with Crippen molar-refractivity contribution in [3.8, 4) is 5.75 Å². The highest BCUT2D eigenvalue weighted by atomic mass is 32.2. The molecule has 0 fully saturated rings. The molecule has 7 heteroatoms. The van der Waals surface area contributed by atoms with Crippen molar-refractivity contribution in [2.24, 2.45) is 0 Å². The first kappa shape index (κ1) is 17.3. The number of rotatable bonds is 9. The first-order chi connectivity index (χ1) is 9.49. The van der Waals surface area contributed by atoms with E-state index in [0.29, 0.717) is 5.75 Å². The van der Waals surface area contributed by atoms with Gasteiger partial charge in [-0.25, -0.2) is 13.1 Å². The molecule has 0 amide bonds. The summed E-state index contributed by atoms with van der Waals surface area (Å²) in [6, 6.07) is 6.03. The molecule has 0 heterocycles. The summed E-state index contributed by atoms with van der Waals surface area (Å²) >= 11 is 1.69. The van der Waals surface area contributed by atoms with Crippen LogP contribution in [0, 0.1) is 0 Å². The van der Waals surface area contributed by atoms with E-state index in [1.54, 1.807) is 23.9 Å². The van der Waals surface area contributed by atoms with Gasteiger partial charge in [-0.1, -0.05) is 6.92 Å². The monoisotopic (exact) mass is 319 g/mol. The zero-order chi connectivity index (χ0) is 15.0. The van der Waals surface area contributed by atoms with Crippen LogP contribution in [0.15, 0.2) is 29.2 Å². The minimum atomic E-state index is -3.50. The summed E-state index contributed by atoms with van der Waals surface area (Å²) < 4.78 is 32.1. The maximum atomic E-state index is 12.1. The molecule has 0 aliphatic rings. The Balaban J connectivity index is 2.67. The Bertz CT molecular complexity index is 488. The number of ether oxygens (including phenoxy) is 1. The highest BCUT2D eigenvalue weighted by molar-refractivity contribution is 7.99. The van der Waals surface area contributed by atoms with Gasteiger partial charge in [0.15, 0.2) is 0 Å². The third-order valence-corrected chi connectivity index (χ3v) is 5.17. The van der Waals surface area contributed by atoms with E-state index in [2.05, 4.69) is 4.72 Å². The summed E-state index contributed by atoms with van der Waals surface area (Å²) in [5.41, 5.74) is 0. The van der Waals surface area contributed by atoms with Gasteiger partial charge in [0.1, 0.15) is 12.4 Å². The molecule has 1 atom stereocenters. The Morgan fingerprint density at radius 3 is 2.55 bits per heavy atom. The van der Waals surface area contributed by atoms with Crippen molar-refractivity contribution < 1.29 is 18.3 Å². The lowest BCUT2D eigenvalue weighted by molar-refractivity contribution is 0.201. The van der Waals surface area contributed by atoms with Crippen LogP contribution in [0.4, 0.5) is 0 Å². The molecule has 0 spiro atoms. The van der Waals surface area contributed by atoms with E-state index in [0.717, 1.165) is 11.5 Å². The molecule has 2 N–H and O–H groups in total. The Kier molecular flexibility index (Phi) is 7.36. The van der Waals surface area contributed by atoms with Crippen LogP contribution in [0.25, 0.3) is 0 Å². The van der Waals surface area contributed by atoms with E-state index in [4.69, 9.17) is 9.84 Å². The smallest absolute Gasteiger partial charge is 0.240 e. The first-order valence-electron chi connectivity index (χ1n) is 6.43. The maximum Gasteiger partial charge on any atom is 0.240 e. The van der Waals surface area contributed by atoms with E-state index >= 15 is 0 Å². The third kappa shape index (κ3) is 5.70. The summed E-state index contributed by atoms with van der Waals surface area (Å²) in [7, 11) is -3.50. The number of hydrogen-bond acceptors (Lipinski definition) is 5. The molecular formula is C13H21NO4S2. The number of thioether (sulfide) groups is 1. The summed E-state index contributed by atoms with van der Waals surface area (Å²) in [4.78, 5) is 0.210. The molecule has 0 aliphatic carbocycles. The highest BCUT2D eigenvalue weighted by Gasteiger charge is 2.17. The lowest BCUT2D eigenvalue weighted by Gasteiger charge is -2.14. The number of benzene rings is 1. The van der Waals surface area contributed by atoms with Crippen LogP contribution in [0.2, 0.25) is 0 Å². The van der Waals surface area contributed by atoms with Crippen molar-refractivity contribution in [2.45, 2.75) is 24.8 Å². The second-order valence-corrected chi connectivity index (χ2v) is 7.26. The standard InChI is InChI=1S/C13H21NO4S2/c1-3-19-10-11(2)14-20(16,17)13-6-4-12(5-7-13)18-9-8-15/h4-7,11,14-15H,3,8-10H2,1-2H3. The zero-order valence-corrected chi connectivity index (χ0v) is 13.3. The van der Waals surface area contributed by atoms with Gasteiger partial charge < -0.3 is 9.84 Å². The van der Waals surface area contributed by atoms with Crippen LogP contribution >= 0.6 is 11.8 Å². The number of aliphatic hydroxyl groups excluding tert-OH is 1. The van der Waals surface area contributed by atoms with Crippen LogP contribution in [-0.2, 0) is 10.0 Å². The highest BCUT2D eigenvalue weighted by Crippen LogP contribution is 2.16. The van der Waals surface area contributed by atoms with Crippen molar-refractivity contribution >= 4 is 21.8 Å². The van der Waals surface area contributed by atoms with Gasteiger partial charge in [-0.2, -0.15) is 11.8 Å². The van der Waals surface area contributed by atoms with E-state index in [1.165, 1.54) is 12.1 Å². The van der Waals surface area contributed by atoms with Crippen LogP contribution in [0.5, 0.6) is 5.75 Å². The fourth-order valence-electron chi connectivity index (χ4n) is 1.54. The fourth-order valence-corrected chi connectivity index (χ4v) is 3.56. The Hall–Kier alpha value is -0.760. The fraction of sp³-hybridized carbons (Fsp3) is 0.538. The van der Waals surface area contributed by atoms with Crippen molar-refractivity contribution in [3.05, 3.63) is 24.3 Å². The van der Waals surface area contributed by atoms with E-state index in [1.807, 2.05) is 13.8 Å². The summed E-state index contributed by atoms with van der Waals surface area (Å²) in [5, 5.41) is 8.65. The van der Waals surface area contributed by atoms with Gasteiger partial charge >= 0.3 is 0 Å². The topological polar surface area (TPSA) is 75.6 Å². The minimum Gasteiger partial charge on any atom is -0.491 e. The van der Waals surface area contributed by atoms with E-state index in [-0.39, 0.29) is 24.2 Å². The van der Waals surface area contributed by atoms with Crippen molar-refractivity contribution in [3.63, 3.8) is 0 Å². The molecule has 0 saturated heterocycles. The zero-order valence-electron chi connectivity index (χ0n) is 11.7. The van der Waals surface area contributed by atoms with Gasteiger partial charge in [0, 0.05) is 11.8 Å². The van der Waals surface area contributed by atoms with Gasteiger partial charge in [-0.05, 0) is 36.9 Å². The SMILES string of the molecule is CCSCC(C)NS(=O)(=O)c1ccc(OCCO)cc1. The predicted octanol–water partition coefficient (Wildman–Crippen LogP) is 1.48. The second kappa shape index (κ2) is 8.51. The summed E-state index contributed by atoms with van der Waals surface area (Å²) in [6.07, 6.45) is 0. The molecule has 1 aromatic carbocycles. The number of sulfonamides is 1. The molecule has 0 aromatic heterocycles. The molecule has 5 nitrogen and oxygen atoms in total. The molecule has 0 saturated carbocycles. The molecule has 1 unspecified atom stereocenters. The van der Waals surface area contributed by atoms with Gasteiger partial charge in [0.25, 0.3) is 0 Å². The molecule has 0 aliphatic heterocycles. The number of nitrogens with one attached hydrogen (secondary N) is 1. The van der Waals surface area contributed by atoms with Crippen LogP contribution in [0.3, 0.4) is 0 Å². The van der Waals surface area contributed by atoms with Crippen molar-refractivity contribution in [1.29, 1.82) is 0 Å². The predicted molar refractivity (Wildman–Crippen MR) is 81.8 cm³/mol. The summed E-state index contributed by atoms with van der Waals surface area (Å²) in [6.45, 7) is 4.00. The van der Waals surface area contributed by atoms with Crippen LogP contribution in [0.1, 0.15) is 13.8 Å². The number of aliphatic hydroxyl groups is 1. The minimum absolute atomic E-state index is 0.0752. The number of hydrogen-bond donors (Lipinski definition) is 2. The molecule has 0 bridgehead atoms. The van der Waals surface area contributed by atoms with Gasteiger partial charge in [-0.15, -0.1) is 0 Å². The molecular weight excluding hydrogens is 298 g/mol. The maximum absolute atomic E-state index is 12.1. The van der Waals surface area contributed by atoms with Gasteiger partial charge in [0.2, 0.25) is 10.0 Å². The molecule has 0 radical (unpaired) electrons. The lowest BCUT2D eigenvalue weighted by Crippen LogP contribution is -2.34. The average Bonchev–Trinajstić information content (AvgIpc) is 2.43. The average molecular weight is 319 g/mol. The Morgan fingerprint density at radius 2 is 2.00 bits per heavy atom. The molecule has 1 aromatic rings. The molecule has 20 heavy (non-hydrogen) atoms. The quantitative estimate of drug-likeness (QED) is 0.721. The van der Waals surface area contributed by atoms with Gasteiger partial charge in [0.05, 0.1) is 11.5 Å². The largest absolute Gasteiger partial charge is 0.491 e.